The van der Waals surface area contributed by atoms with Gasteiger partial charge in [-0.15, -0.1) is 11.3 Å². The molecular formula is C19H16N4O3S. The molecule has 0 saturated carbocycles. The van der Waals surface area contributed by atoms with Gasteiger partial charge in [0.05, 0.1) is 18.5 Å². The highest BCUT2D eigenvalue weighted by Gasteiger charge is 2.13. The number of amides is 1. The highest BCUT2D eigenvalue weighted by Crippen LogP contribution is 2.27. The second kappa shape index (κ2) is 7.16. The van der Waals surface area contributed by atoms with Gasteiger partial charge in [0.1, 0.15) is 21.8 Å². The van der Waals surface area contributed by atoms with Gasteiger partial charge in [0.15, 0.2) is 0 Å². The minimum atomic E-state index is -0.304. The lowest BCUT2D eigenvalue weighted by molar-refractivity contribution is -0.116. The Hall–Kier alpha value is -3.26. The van der Waals surface area contributed by atoms with Crippen LogP contribution in [0.2, 0.25) is 0 Å². The molecule has 1 N–H and O–H groups in total. The molecule has 3 heterocycles. The molecule has 3 aromatic heterocycles. The maximum Gasteiger partial charge on any atom is 0.271 e. The number of fused-ring (bicyclic) bond motifs is 3. The molecule has 0 atom stereocenters. The second-order valence-corrected chi connectivity index (χ2v) is 6.82. The standard InChI is InChI=1S/C19H16N4O3S/c1-2-26-13-7-5-12(6-8-13)22-15(24)10-23-11-21-16-14-4-3-9-20-18(14)27-17(16)19(23)25/h3-9,11H,2,10H2,1H3,(H,22,24). The third kappa shape index (κ3) is 3.39. The molecule has 1 amide bonds. The lowest BCUT2D eigenvalue weighted by atomic mass is 10.3. The largest absolute Gasteiger partial charge is 0.494 e. The van der Waals surface area contributed by atoms with Crippen molar-refractivity contribution in [3.8, 4) is 5.75 Å². The van der Waals surface area contributed by atoms with Crippen LogP contribution in [0.5, 0.6) is 5.75 Å². The minimum absolute atomic E-state index is 0.114. The van der Waals surface area contributed by atoms with Gasteiger partial charge in [-0.2, -0.15) is 0 Å². The van der Waals surface area contributed by atoms with Crippen molar-refractivity contribution >= 4 is 43.4 Å². The van der Waals surface area contributed by atoms with Crippen LogP contribution in [0.1, 0.15) is 6.92 Å². The fourth-order valence-corrected chi connectivity index (χ4v) is 3.82. The number of rotatable bonds is 5. The topological polar surface area (TPSA) is 86.1 Å². The summed E-state index contributed by atoms with van der Waals surface area (Å²) >= 11 is 1.29. The van der Waals surface area contributed by atoms with Crippen molar-refractivity contribution < 1.29 is 9.53 Å². The Morgan fingerprint density at radius 3 is 2.81 bits per heavy atom. The van der Waals surface area contributed by atoms with Gasteiger partial charge in [-0.25, -0.2) is 9.97 Å². The number of aromatic nitrogens is 3. The summed E-state index contributed by atoms with van der Waals surface area (Å²) in [5.74, 6) is 0.432. The number of benzene rings is 1. The van der Waals surface area contributed by atoms with Gasteiger partial charge in [-0.3, -0.25) is 14.2 Å². The Labute approximate surface area is 158 Å². The van der Waals surface area contributed by atoms with Gasteiger partial charge >= 0.3 is 0 Å². The van der Waals surface area contributed by atoms with E-state index in [1.807, 2.05) is 19.1 Å². The Bertz CT molecular complexity index is 1180. The van der Waals surface area contributed by atoms with Crippen LogP contribution in [-0.4, -0.2) is 27.0 Å². The fourth-order valence-electron chi connectivity index (χ4n) is 2.77. The predicted molar refractivity (Wildman–Crippen MR) is 105 cm³/mol. The number of ether oxygens (including phenoxy) is 1. The summed E-state index contributed by atoms with van der Waals surface area (Å²) in [4.78, 5) is 34.4. The molecular weight excluding hydrogens is 364 g/mol. The molecule has 8 heteroatoms. The van der Waals surface area contributed by atoms with Gasteiger partial charge in [-0.05, 0) is 43.3 Å². The summed E-state index contributed by atoms with van der Waals surface area (Å²) in [6.07, 6.45) is 3.09. The molecule has 0 saturated heterocycles. The van der Waals surface area contributed by atoms with Gasteiger partial charge in [-0.1, -0.05) is 0 Å². The van der Waals surface area contributed by atoms with E-state index in [2.05, 4.69) is 15.3 Å². The molecule has 0 aliphatic carbocycles. The van der Waals surface area contributed by atoms with Crippen LogP contribution in [0.4, 0.5) is 5.69 Å². The summed E-state index contributed by atoms with van der Waals surface area (Å²) in [7, 11) is 0. The van der Waals surface area contributed by atoms with E-state index in [1.54, 1.807) is 30.5 Å². The molecule has 7 nitrogen and oxygen atoms in total. The van der Waals surface area contributed by atoms with E-state index in [0.29, 0.717) is 22.5 Å². The summed E-state index contributed by atoms with van der Waals surface area (Å²) in [5, 5.41) is 3.62. The second-order valence-electron chi connectivity index (χ2n) is 5.82. The number of anilines is 1. The average molecular weight is 380 g/mol. The van der Waals surface area contributed by atoms with Crippen LogP contribution in [0.15, 0.2) is 53.7 Å². The van der Waals surface area contributed by atoms with Crippen molar-refractivity contribution in [2.45, 2.75) is 13.5 Å². The van der Waals surface area contributed by atoms with Crippen molar-refractivity contribution in [2.24, 2.45) is 0 Å². The molecule has 0 aliphatic heterocycles. The molecule has 0 spiro atoms. The SMILES string of the molecule is CCOc1ccc(NC(=O)Cn2cnc3c(sc4ncccc43)c2=O)cc1. The summed E-state index contributed by atoms with van der Waals surface area (Å²) in [6.45, 7) is 2.37. The van der Waals surface area contributed by atoms with Crippen LogP contribution in [0, 0.1) is 0 Å². The van der Waals surface area contributed by atoms with Crippen molar-refractivity contribution in [2.75, 3.05) is 11.9 Å². The van der Waals surface area contributed by atoms with Crippen molar-refractivity contribution in [1.82, 2.24) is 14.5 Å². The van der Waals surface area contributed by atoms with Gasteiger partial charge in [0.25, 0.3) is 5.56 Å². The van der Waals surface area contributed by atoms with E-state index < -0.39 is 0 Å². The van der Waals surface area contributed by atoms with Crippen LogP contribution in [0.3, 0.4) is 0 Å². The van der Waals surface area contributed by atoms with E-state index in [4.69, 9.17) is 4.74 Å². The summed E-state index contributed by atoms with van der Waals surface area (Å²) in [5.41, 5.74) is 1.01. The zero-order valence-electron chi connectivity index (χ0n) is 14.5. The number of thiophene rings is 1. The lowest BCUT2D eigenvalue weighted by Gasteiger charge is -2.08. The number of pyridine rings is 1. The first-order valence-corrected chi connectivity index (χ1v) is 9.22. The molecule has 4 aromatic rings. The molecule has 4 rings (SSSR count). The summed E-state index contributed by atoms with van der Waals surface area (Å²) < 4.78 is 7.18. The Morgan fingerprint density at radius 2 is 2.04 bits per heavy atom. The molecule has 1 aromatic carbocycles. The first kappa shape index (κ1) is 17.2. The monoisotopic (exact) mass is 380 g/mol. The molecule has 0 unspecified atom stereocenters. The van der Waals surface area contributed by atoms with E-state index in [-0.39, 0.29) is 18.0 Å². The Kier molecular flexibility index (Phi) is 4.55. The van der Waals surface area contributed by atoms with Gasteiger partial charge in [0, 0.05) is 17.3 Å². The van der Waals surface area contributed by atoms with Crippen LogP contribution in [-0.2, 0) is 11.3 Å². The Morgan fingerprint density at radius 1 is 1.22 bits per heavy atom. The first-order chi connectivity index (χ1) is 13.2. The number of nitrogens with zero attached hydrogens (tertiary/aromatic N) is 3. The zero-order valence-corrected chi connectivity index (χ0v) is 15.3. The maximum atomic E-state index is 12.7. The zero-order chi connectivity index (χ0) is 18.8. The number of hydrogen-bond acceptors (Lipinski definition) is 6. The predicted octanol–water partition coefficient (Wildman–Crippen LogP) is 3.04. The molecule has 0 radical (unpaired) electrons. The number of hydrogen-bond donors (Lipinski definition) is 1. The highest BCUT2D eigenvalue weighted by molar-refractivity contribution is 7.25. The molecule has 27 heavy (non-hydrogen) atoms. The van der Waals surface area contributed by atoms with Crippen molar-refractivity contribution in [3.05, 3.63) is 59.3 Å². The third-order valence-corrected chi connectivity index (χ3v) is 5.08. The van der Waals surface area contributed by atoms with E-state index in [0.717, 1.165) is 16.0 Å². The van der Waals surface area contributed by atoms with E-state index in [9.17, 15) is 9.59 Å². The minimum Gasteiger partial charge on any atom is -0.494 e. The fraction of sp³-hybridized carbons (Fsp3) is 0.158. The Balaban J connectivity index is 1.55. The van der Waals surface area contributed by atoms with Crippen molar-refractivity contribution in [1.29, 1.82) is 0 Å². The number of carbonyl (C=O) groups is 1. The molecule has 0 bridgehead atoms. The number of nitrogens with one attached hydrogen (secondary N) is 1. The summed E-state index contributed by atoms with van der Waals surface area (Å²) in [6, 6.07) is 10.8. The molecule has 0 fully saturated rings. The third-order valence-electron chi connectivity index (χ3n) is 3.98. The van der Waals surface area contributed by atoms with Crippen LogP contribution < -0.4 is 15.6 Å². The van der Waals surface area contributed by atoms with E-state index >= 15 is 0 Å². The maximum absolute atomic E-state index is 12.7. The smallest absolute Gasteiger partial charge is 0.271 e. The average Bonchev–Trinajstić information content (AvgIpc) is 3.05. The van der Waals surface area contributed by atoms with Crippen LogP contribution in [0.25, 0.3) is 20.4 Å². The quantitative estimate of drug-likeness (QED) is 0.575. The van der Waals surface area contributed by atoms with E-state index in [1.165, 1.54) is 22.2 Å². The van der Waals surface area contributed by atoms with Gasteiger partial charge < -0.3 is 10.1 Å². The molecule has 0 aliphatic rings. The van der Waals surface area contributed by atoms with Crippen molar-refractivity contribution in [3.63, 3.8) is 0 Å². The molecule has 136 valence electrons. The highest BCUT2D eigenvalue weighted by atomic mass is 32.1. The number of carbonyl (C=O) groups excluding carboxylic acids is 1. The lowest BCUT2D eigenvalue weighted by Crippen LogP contribution is -2.27. The normalized spacial score (nSPS) is 11.0. The first-order valence-electron chi connectivity index (χ1n) is 8.41. The van der Waals surface area contributed by atoms with Crippen LogP contribution >= 0.6 is 11.3 Å². The van der Waals surface area contributed by atoms with Gasteiger partial charge in [0.2, 0.25) is 5.91 Å².